The van der Waals surface area contributed by atoms with Gasteiger partial charge in [-0.1, -0.05) is 0 Å². The Bertz CT molecular complexity index is 908. The van der Waals surface area contributed by atoms with Crippen molar-refractivity contribution < 1.29 is 9.18 Å². The van der Waals surface area contributed by atoms with Crippen LogP contribution in [-0.4, -0.2) is 72.9 Å². The van der Waals surface area contributed by atoms with Crippen LogP contribution in [0.5, 0.6) is 0 Å². The maximum absolute atomic E-state index is 13.1. The highest BCUT2D eigenvalue weighted by atomic mass is 127. The zero-order valence-corrected chi connectivity index (χ0v) is 22.0. The van der Waals surface area contributed by atoms with E-state index in [4.69, 9.17) is 0 Å². The van der Waals surface area contributed by atoms with Gasteiger partial charge >= 0.3 is 0 Å². The van der Waals surface area contributed by atoms with Crippen LogP contribution in [0, 0.1) is 19.7 Å². The van der Waals surface area contributed by atoms with Crippen molar-refractivity contribution in [3.05, 3.63) is 47.5 Å². The number of nitrogens with one attached hydrogen (secondary N) is 2. The van der Waals surface area contributed by atoms with Crippen LogP contribution in [0.2, 0.25) is 0 Å². The van der Waals surface area contributed by atoms with Crippen LogP contribution in [0.1, 0.15) is 24.2 Å². The average Bonchev–Trinajstić information content (AvgIpc) is 3.12. The molecule has 0 aliphatic carbocycles. The van der Waals surface area contributed by atoms with Gasteiger partial charge in [-0.15, -0.1) is 24.0 Å². The highest BCUT2D eigenvalue weighted by molar-refractivity contribution is 14.0. The molecule has 2 heterocycles. The molecule has 0 radical (unpaired) electrons. The van der Waals surface area contributed by atoms with Gasteiger partial charge in [-0.25, -0.2) is 4.39 Å². The van der Waals surface area contributed by atoms with E-state index >= 15 is 0 Å². The lowest BCUT2D eigenvalue weighted by Crippen LogP contribution is -2.49. The molecule has 2 N–H and O–H groups in total. The van der Waals surface area contributed by atoms with Crippen molar-refractivity contribution >= 4 is 41.5 Å². The fraction of sp³-hybridized carbons (Fsp3) is 0.522. The van der Waals surface area contributed by atoms with Crippen LogP contribution < -0.4 is 15.5 Å². The maximum Gasteiger partial charge on any atom is 0.224 e. The highest BCUT2D eigenvalue weighted by Gasteiger charge is 2.21. The Morgan fingerprint density at radius 2 is 1.76 bits per heavy atom. The molecule has 0 unspecified atom stereocenters. The summed E-state index contributed by atoms with van der Waals surface area (Å²) in [7, 11) is 1.73. The molecule has 0 bridgehead atoms. The van der Waals surface area contributed by atoms with E-state index in [0.29, 0.717) is 32.0 Å². The molecule has 10 heteroatoms. The van der Waals surface area contributed by atoms with Crippen LogP contribution in [0.15, 0.2) is 35.3 Å². The van der Waals surface area contributed by atoms with Crippen molar-refractivity contribution in [2.45, 2.75) is 33.2 Å². The second-order valence-electron chi connectivity index (χ2n) is 8.02. The van der Waals surface area contributed by atoms with Gasteiger partial charge in [0.2, 0.25) is 5.91 Å². The van der Waals surface area contributed by atoms with E-state index in [0.717, 1.165) is 44.0 Å². The van der Waals surface area contributed by atoms with Gasteiger partial charge in [0.1, 0.15) is 5.82 Å². The van der Waals surface area contributed by atoms with Crippen molar-refractivity contribution in [2.24, 2.45) is 4.99 Å². The van der Waals surface area contributed by atoms with Gasteiger partial charge in [-0.2, -0.15) is 5.10 Å². The Morgan fingerprint density at radius 3 is 2.36 bits per heavy atom. The third-order valence-electron chi connectivity index (χ3n) is 5.62. The summed E-state index contributed by atoms with van der Waals surface area (Å²) in [6, 6.07) is 8.59. The monoisotopic (exact) mass is 571 g/mol. The van der Waals surface area contributed by atoms with Crippen LogP contribution in [0.3, 0.4) is 0 Å². The van der Waals surface area contributed by atoms with Gasteiger partial charge in [0.05, 0.1) is 5.69 Å². The Kier molecular flexibility index (Phi) is 10.9. The summed E-state index contributed by atoms with van der Waals surface area (Å²) < 4.78 is 15.1. The lowest BCUT2D eigenvalue weighted by molar-refractivity contribution is -0.131. The van der Waals surface area contributed by atoms with Crippen molar-refractivity contribution in [1.29, 1.82) is 0 Å². The third-order valence-corrected chi connectivity index (χ3v) is 5.62. The first-order chi connectivity index (χ1) is 15.5. The molecule has 1 amide bonds. The quantitative estimate of drug-likeness (QED) is 0.221. The normalized spacial score (nSPS) is 14.1. The number of aliphatic imine (C=N–C) groups is 1. The standard InChI is InChI=1S/C23H34FN7O.HI/c1-18-17-19(2)31(28-18)12-4-10-26-23(25-3)27-11-9-22(32)30-15-13-29(14-16-30)21-7-5-20(24)6-8-21;/h5-8,17H,4,9-16H2,1-3H3,(H2,25,26,27);1H. The molecule has 182 valence electrons. The number of anilines is 1. The van der Waals surface area contributed by atoms with E-state index in [1.165, 1.54) is 17.8 Å². The SMILES string of the molecule is CN=C(NCCCn1nc(C)cc1C)NCCC(=O)N1CCN(c2ccc(F)cc2)CC1.I. The first kappa shape index (κ1) is 26.9. The van der Waals surface area contributed by atoms with E-state index in [2.05, 4.69) is 38.6 Å². The Labute approximate surface area is 212 Å². The Morgan fingerprint density at radius 1 is 1.09 bits per heavy atom. The van der Waals surface area contributed by atoms with Gasteiger partial charge in [-0.3, -0.25) is 14.5 Å². The van der Waals surface area contributed by atoms with E-state index in [9.17, 15) is 9.18 Å². The van der Waals surface area contributed by atoms with Gasteiger partial charge < -0.3 is 20.4 Å². The number of aryl methyl sites for hydroxylation is 3. The fourth-order valence-corrected chi connectivity index (χ4v) is 3.87. The molecule has 33 heavy (non-hydrogen) atoms. The lowest BCUT2D eigenvalue weighted by atomic mass is 10.2. The molecule has 1 aliphatic rings. The minimum atomic E-state index is -0.234. The van der Waals surface area contributed by atoms with Crippen LogP contribution in [0.4, 0.5) is 10.1 Å². The molecule has 0 spiro atoms. The van der Waals surface area contributed by atoms with Crippen molar-refractivity contribution in [3.63, 3.8) is 0 Å². The molecule has 2 aromatic rings. The summed E-state index contributed by atoms with van der Waals surface area (Å²) in [6.07, 6.45) is 1.35. The summed E-state index contributed by atoms with van der Waals surface area (Å²) in [5.41, 5.74) is 3.20. The Balaban J connectivity index is 0.00000385. The summed E-state index contributed by atoms with van der Waals surface area (Å²) in [6.45, 7) is 9.09. The number of nitrogens with zero attached hydrogens (tertiary/aromatic N) is 5. The molecule has 1 aromatic heterocycles. The zero-order valence-electron chi connectivity index (χ0n) is 19.7. The number of guanidine groups is 1. The van der Waals surface area contributed by atoms with E-state index in [1.54, 1.807) is 19.2 Å². The van der Waals surface area contributed by atoms with Crippen LogP contribution in [-0.2, 0) is 11.3 Å². The molecule has 1 saturated heterocycles. The lowest BCUT2D eigenvalue weighted by Gasteiger charge is -2.36. The highest BCUT2D eigenvalue weighted by Crippen LogP contribution is 2.17. The number of aromatic nitrogens is 2. The molecule has 1 aromatic carbocycles. The van der Waals surface area contributed by atoms with Crippen molar-refractivity contribution in [3.8, 4) is 0 Å². The summed E-state index contributed by atoms with van der Waals surface area (Å²) >= 11 is 0. The topological polar surface area (TPSA) is 77.8 Å². The van der Waals surface area contributed by atoms with Gasteiger partial charge in [0.15, 0.2) is 5.96 Å². The number of rotatable bonds is 8. The van der Waals surface area contributed by atoms with Crippen molar-refractivity contribution in [2.75, 3.05) is 51.2 Å². The number of halogens is 2. The van der Waals surface area contributed by atoms with Crippen LogP contribution >= 0.6 is 24.0 Å². The van der Waals surface area contributed by atoms with Crippen molar-refractivity contribution in [1.82, 2.24) is 25.3 Å². The predicted octanol–water partition coefficient (Wildman–Crippen LogP) is 2.55. The van der Waals surface area contributed by atoms with Gasteiger partial charge in [0, 0.05) is 70.7 Å². The number of carbonyl (C=O) groups is 1. The summed E-state index contributed by atoms with van der Waals surface area (Å²) in [5.74, 6) is 0.603. The first-order valence-corrected chi connectivity index (χ1v) is 11.2. The molecule has 0 saturated carbocycles. The predicted molar refractivity (Wildman–Crippen MR) is 141 cm³/mol. The smallest absolute Gasteiger partial charge is 0.224 e. The number of benzene rings is 1. The molecule has 8 nitrogen and oxygen atoms in total. The second-order valence-corrected chi connectivity index (χ2v) is 8.02. The van der Waals surface area contributed by atoms with Gasteiger partial charge in [0.25, 0.3) is 0 Å². The number of amides is 1. The van der Waals surface area contributed by atoms with E-state index in [-0.39, 0.29) is 35.7 Å². The Hall–Kier alpha value is -2.37. The minimum absolute atomic E-state index is 0. The number of carbonyl (C=O) groups excluding carboxylic acids is 1. The molecular weight excluding hydrogens is 536 g/mol. The molecule has 3 rings (SSSR count). The first-order valence-electron chi connectivity index (χ1n) is 11.2. The number of hydrogen-bond acceptors (Lipinski definition) is 4. The van der Waals surface area contributed by atoms with E-state index < -0.39 is 0 Å². The average molecular weight is 571 g/mol. The van der Waals surface area contributed by atoms with Gasteiger partial charge in [-0.05, 0) is 50.6 Å². The molecule has 0 atom stereocenters. The van der Waals surface area contributed by atoms with Crippen LogP contribution in [0.25, 0.3) is 0 Å². The van der Waals surface area contributed by atoms with E-state index in [1.807, 2.05) is 16.5 Å². The maximum atomic E-state index is 13.1. The summed E-state index contributed by atoms with van der Waals surface area (Å²) in [5, 5.41) is 11.0. The second kappa shape index (κ2) is 13.4. The fourth-order valence-electron chi connectivity index (χ4n) is 3.87. The zero-order chi connectivity index (χ0) is 22.9. The molecular formula is C23H35FIN7O. The molecule has 1 fully saturated rings. The minimum Gasteiger partial charge on any atom is -0.368 e. The third kappa shape index (κ3) is 8.17. The number of piperazine rings is 1. The number of hydrogen-bond donors (Lipinski definition) is 2. The largest absolute Gasteiger partial charge is 0.368 e. The summed E-state index contributed by atoms with van der Waals surface area (Å²) in [4.78, 5) is 20.9. The molecule has 1 aliphatic heterocycles.